The molecule has 0 spiro atoms. The Labute approximate surface area is 109 Å². The van der Waals surface area contributed by atoms with Crippen molar-refractivity contribution in [3.63, 3.8) is 0 Å². The molecule has 0 aromatic heterocycles. The summed E-state index contributed by atoms with van der Waals surface area (Å²) in [4.78, 5) is 1.47. The monoisotopic (exact) mass is 250 g/mol. The van der Waals surface area contributed by atoms with Crippen LogP contribution in [-0.2, 0) is 4.74 Å². The Bertz CT molecular complexity index is 380. The van der Waals surface area contributed by atoms with Crippen molar-refractivity contribution in [2.24, 2.45) is 0 Å². The van der Waals surface area contributed by atoms with Crippen LogP contribution in [0, 0.1) is 27.7 Å². The first-order valence-electron chi connectivity index (χ1n) is 6.41. The third kappa shape index (κ3) is 2.86. The van der Waals surface area contributed by atoms with E-state index in [2.05, 4.69) is 33.8 Å². The van der Waals surface area contributed by atoms with Crippen molar-refractivity contribution in [2.45, 2.75) is 51.5 Å². The number of thioether (sulfide) groups is 1. The average molecular weight is 250 g/mol. The van der Waals surface area contributed by atoms with E-state index in [9.17, 15) is 0 Å². The predicted molar refractivity (Wildman–Crippen MR) is 75.1 cm³/mol. The summed E-state index contributed by atoms with van der Waals surface area (Å²) in [5.41, 5.74) is 5.69. The summed E-state index contributed by atoms with van der Waals surface area (Å²) in [5.74, 6) is 1.10. The van der Waals surface area contributed by atoms with Gasteiger partial charge in [0.15, 0.2) is 0 Å². The Balaban J connectivity index is 2.13. The van der Waals surface area contributed by atoms with Crippen LogP contribution in [0.25, 0.3) is 0 Å². The van der Waals surface area contributed by atoms with E-state index in [0.717, 1.165) is 12.4 Å². The molecular weight excluding hydrogens is 228 g/mol. The largest absolute Gasteiger partial charge is 0.377 e. The van der Waals surface area contributed by atoms with E-state index in [1.165, 1.54) is 40.0 Å². The minimum atomic E-state index is 0.472. The number of aryl methyl sites for hydroxylation is 2. The SMILES string of the molecule is Cc1cc(C)c(C)c(SCC2CCCO2)c1C. The van der Waals surface area contributed by atoms with Crippen molar-refractivity contribution >= 4 is 11.8 Å². The predicted octanol–water partition coefficient (Wildman–Crippen LogP) is 4.19. The van der Waals surface area contributed by atoms with Gasteiger partial charge in [0, 0.05) is 17.3 Å². The molecule has 1 atom stereocenters. The van der Waals surface area contributed by atoms with Crippen molar-refractivity contribution in [2.75, 3.05) is 12.4 Å². The van der Waals surface area contributed by atoms with Crippen molar-refractivity contribution < 1.29 is 4.74 Å². The zero-order valence-corrected chi connectivity index (χ0v) is 12.1. The lowest BCUT2D eigenvalue weighted by Crippen LogP contribution is -2.08. The number of hydrogen-bond acceptors (Lipinski definition) is 2. The van der Waals surface area contributed by atoms with Gasteiger partial charge in [0.1, 0.15) is 0 Å². The van der Waals surface area contributed by atoms with Crippen LogP contribution >= 0.6 is 11.8 Å². The maximum atomic E-state index is 5.69. The highest BCUT2D eigenvalue weighted by Crippen LogP contribution is 2.32. The molecule has 1 aromatic carbocycles. The van der Waals surface area contributed by atoms with Crippen LogP contribution in [0.1, 0.15) is 35.1 Å². The first kappa shape index (κ1) is 13.0. The molecule has 0 saturated carbocycles. The van der Waals surface area contributed by atoms with Gasteiger partial charge in [-0.1, -0.05) is 6.07 Å². The maximum Gasteiger partial charge on any atom is 0.0669 e. The molecule has 0 amide bonds. The standard InChI is InChI=1S/C15H22OS/c1-10-8-11(2)13(4)15(12(10)3)17-9-14-6-5-7-16-14/h8,14H,5-7,9H2,1-4H3. The van der Waals surface area contributed by atoms with Crippen LogP contribution in [0.5, 0.6) is 0 Å². The Morgan fingerprint density at radius 3 is 2.35 bits per heavy atom. The van der Waals surface area contributed by atoms with E-state index in [4.69, 9.17) is 4.74 Å². The van der Waals surface area contributed by atoms with Gasteiger partial charge in [-0.3, -0.25) is 0 Å². The fourth-order valence-corrected chi connectivity index (χ4v) is 3.72. The summed E-state index contributed by atoms with van der Waals surface area (Å²) in [7, 11) is 0. The molecule has 17 heavy (non-hydrogen) atoms. The van der Waals surface area contributed by atoms with E-state index in [1.807, 2.05) is 11.8 Å². The second-order valence-electron chi connectivity index (χ2n) is 5.04. The lowest BCUT2D eigenvalue weighted by atomic mass is 10.0. The van der Waals surface area contributed by atoms with Gasteiger partial charge in [0.05, 0.1) is 6.10 Å². The number of rotatable bonds is 3. The second-order valence-corrected chi connectivity index (χ2v) is 6.07. The molecule has 1 unspecified atom stereocenters. The molecule has 1 heterocycles. The van der Waals surface area contributed by atoms with Gasteiger partial charge in [-0.15, -0.1) is 11.8 Å². The molecule has 1 nitrogen and oxygen atoms in total. The van der Waals surface area contributed by atoms with Gasteiger partial charge in [-0.2, -0.15) is 0 Å². The summed E-state index contributed by atoms with van der Waals surface area (Å²) < 4.78 is 5.69. The number of benzene rings is 1. The molecule has 1 aliphatic heterocycles. The summed E-state index contributed by atoms with van der Waals surface area (Å²) in [6.07, 6.45) is 2.94. The molecule has 1 fully saturated rings. The molecule has 0 bridgehead atoms. The Hall–Kier alpha value is -0.470. The molecule has 0 N–H and O–H groups in total. The maximum absolute atomic E-state index is 5.69. The normalized spacial score (nSPS) is 19.9. The van der Waals surface area contributed by atoms with Crippen LogP contribution in [0.3, 0.4) is 0 Å². The van der Waals surface area contributed by atoms with E-state index in [-0.39, 0.29) is 0 Å². The molecule has 0 aliphatic carbocycles. The lowest BCUT2D eigenvalue weighted by molar-refractivity contribution is 0.129. The summed E-state index contributed by atoms with van der Waals surface area (Å²) in [6.45, 7) is 9.84. The molecule has 1 aliphatic rings. The fraction of sp³-hybridized carbons (Fsp3) is 0.600. The molecular formula is C15H22OS. The highest BCUT2D eigenvalue weighted by atomic mass is 32.2. The quantitative estimate of drug-likeness (QED) is 0.744. The van der Waals surface area contributed by atoms with Crippen molar-refractivity contribution in [3.8, 4) is 0 Å². The first-order chi connectivity index (χ1) is 8.09. The molecule has 1 saturated heterocycles. The van der Waals surface area contributed by atoms with Gasteiger partial charge >= 0.3 is 0 Å². The highest BCUT2D eigenvalue weighted by molar-refractivity contribution is 7.99. The summed E-state index contributed by atoms with van der Waals surface area (Å²) >= 11 is 1.97. The van der Waals surface area contributed by atoms with E-state index in [1.54, 1.807) is 0 Å². The molecule has 1 aromatic rings. The topological polar surface area (TPSA) is 9.23 Å². The van der Waals surface area contributed by atoms with Gasteiger partial charge in [0.2, 0.25) is 0 Å². The van der Waals surface area contributed by atoms with Gasteiger partial charge in [-0.05, 0) is 62.8 Å². The Morgan fingerprint density at radius 1 is 1.18 bits per heavy atom. The zero-order chi connectivity index (χ0) is 12.4. The number of ether oxygens (including phenoxy) is 1. The van der Waals surface area contributed by atoms with E-state index >= 15 is 0 Å². The summed E-state index contributed by atoms with van der Waals surface area (Å²) in [6, 6.07) is 2.29. The Kier molecular flexibility index (Phi) is 4.16. The van der Waals surface area contributed by atoms with Crippen LogP contribution in [0.15, 0.2) is 11.0 Å². The average Bonchev–Trinajstić information content (AvgIpc) is 2.79. The third-order valence-electron chi connectivity index (χ3n) is 3.73. The van der Waals surface area contributed by atoms with Crippen molar-refractivity contribution in [3.05, 3.63) is 28.3 Å². The van der Waals surface area contributed by atoms with Gasteiger partial charge in [-0.25, -0.2) is 0 Å². The van der Waals surface area contributed by atoms with Crippen LogP contribution in [0.4, 0.5) is 0 Å². The summed E-state index contributed by atoms with van der Waals surface area (Å²) in [5, 5.41) is 0. The van der Waals surface area contributed by atoms with Gasteiger partial charge in [0.25, 0.3) is 0 Å². The highest BCUT2D eigenvalue weighted by Gasteiger charge is 2.17. The zero-order valence-electron chi connectivity index (χ0n) is 11.3. The molecule has 2 heteroatoms. The van der Waals surface area contributed by atoms with E-state index in [0.29, 0.717) is 6.10 Å². The smallest absolute Gasteiger partial charge is 0.0669 e. The van der Waals surface area contributed by atoms with Gasteiger partial charge < -0.3 is 4.74 Å². The minimum Gasteiger partial charge on any atom is -0.377 e. The lowest BCUT2D eigenvalue weighted by Gasteiger charge is -2.16. The van der Waals surface area contributed by atoms with E-state index < -0.39 is 0 Å². The minimum absolute atomic E-state index is 0.472. The molecule has 2 rings (SSSR count). The van der Waals surface area contributed by atoms with Crippen LogP contribution in [0.2, 0.25) is 0 Å². The molecule has 94 valence electrons. The molecule has 0 radical (unpaired) electrons. The third-order valence-corrected chi connectivity index (χ3v) is 5.17. The van der Waals surface area contributed by atoms with Crippen molar-refractivity contribution in [1.82, 2.24) is 0 Å². The van der Waals surface area contributed by atoms with Crippen LogP contribution in [-0.4, -0.2) is 18.5 Å². The number of hydrogen-bond donors (Lipinski definition) is 0. The van der Waals surface area contributed by atoms with Crippen LogP contribution < -0.4 is 0 Å². The first-order valence-corrected chi connectivity index (χ1v) is 7.40. The Morgan fingerprint density at radius 2 is 1.82 bits per heavy atom. The van der Waals surface area contributed by atoms with Crippen molar-refractivity contribution in [1.29, 1.82) is 0 Å². The second kappa shape index (κ2) is 5.45. The fourth-order valence-electron chi connectivity index (χ4n) is 2.35.